The molecule has 1 aliphatic rings. The first-order chi connectivity index (χ1) is 6.09. The third kappa shape index (κ3) is 3.22. The van der Waals surface area contributed by atoms with Gasteiger partial charge in [0.25, 0.3) is 0 Å². The number of urea groups is 1. The topological polar surface area (TPSA) is 50.4 Å². The second-order valence-electron chi connectivity index (χ2n) is 3.74. The smallest absolute Gasteiger partial charge is 0.315 e. The van der Waals surface area contributed by atoms with Crippen molar-refractivity contribution in [1.29, 1.82) is 0 Å². The number of ether oxygens (including phenoxy) is 1. The third-order valence-corrected chi connectivity index (χ3v) is 2.11. The summed E-state index contributed by atoms with van der Waals surface area (Å²) in [5.74, 6) is 0. The Labute approximate surface area is 79.0 Å². The molecular weight excluding hydrogens is 168 g/mol. The fraction of sp³-hybridized carbons (Fsp3) is 0.889. The molecule has 13 heavy (non-hydrogen) atoms. The van der Waals surface area contributed by atoms with E-state index in [1.165, 1.54) is 0 Å². The fourth-order valence-electron chi connectivity index (χ4n) is 1.39. The summed E-state index contributed by atoms with van der Waals surface area (Å²) in [6.07, 6.45) is 1.05. The van der Waals surface area contributed by atoms with E-state index >= 15 is 0 Å². The first kappa shape index (κ1) is 10.3. The summed E-state index contributed by atoms with van der Waals surface area (Å²) in [4.78, 5) is 11.3. The van der Waals surface area contributed by atoms with E-state index in [9.17, 15) is 4.79 Å². The molecule has 0 aromatic carbocycles. The lowest BCUT2D eigenvalue weighted by Gasteiger charge is -2.17. The van der Waals surface area contributed by atoms with E-state index in [1.54, 1.807) is 0 Å². The average Bonchev–Trinajstić information content (AvgIpc) is 2.34. The van der Waals surface area contributed by atoms with Crippen LogP contribution >= 0.6 is 0 Å². The van der Waals surface area contributed by atoms with E-state index < -0.39 is 0 Å². The highest BCUT2D eigenvalue weighted by atomic mass is 16.5. The quantitative estimate of drug-likeness (QED) is 0.672. The number of carbonyl (C=O) groups is 1. The van der Waals surface area contributed by atoms with Gasteiger partial charge in [0.15, 0.2) is 0 Å². The Morgan fingerprint density at radius 2 is 2.23 bits per heavy atom. The number of carbonyl (C=O) groups excluding carboxylic acids is 1. The predicted octanol–water partition coefficient (Wildman–Crippen LogP) is 0.871. The highest BCUT2D eigenvalue weighted by Gasteiger charge is 2.25. The number of hydrogen-bond acceptors (Lipinski definition) is 2. The number of hydrogen-bond donors (Lipinski definition) is 2. The zero-order valence-electron chi connectivity index (χ0n) is 8.46. The van der Waals surface area contributed by atoms with Crippen molar-refractivity contribution in [3.05, 3.63) is 0 Å². The summed E-state index contributed by atoms with van der Waals surface area (Å²) in [5, 5.41) is 5.67. The molecule has 4 nitrogen and oxygen atoms in total. The number of rotatable bonds is 2. The van der Waals surface area contributed by atoms with Gasteiger partial charge in [-0.05, 0) is 27.2 Å². The van der Waals surface area contributed by atoms with Crippen LogP contribution in [-0.2, 0) is 4.74 Å². The van der Waals surface area contributed by atoms with E-state index in [1.807, 2.05) is 20.8 Å². The second kappa shape index (κ2) is 4.46. The van der Waals surface area contributed by atoms with Gasteiger partial charge >= 0.3 is 6.03 Å². The maximum absolute atomic E-state index is 11.3. The minimum atomic E-state index is -0.0997. The van der Waals surface area contributed by atoms with Crippen LogP contribution in [0.1, 0.15) is 27.2 Å². The van der Waals surface area contributed by atoms with Crippen molar-refractivity contribution >= 4 is 6.03 Å². The minimum Gasteiger partial charge on any atom is -0.376 e. The lowest BCUT2D eigenvalue weighted by molar-refractivity contribution is 0.114. The standard InChI is InChI=1S/C9H18N2O2/c1-6(2)10-9(12)11-8-4-5-13-7(8)3/h6-8H,4-5H2,1-3H3,(H2,10,11,12). The van der Waals surface area contributed by atoms with Crippen LogP contribution in [0, 0.1) is 0 Å². The molecule has 1 aliphatic heterocycles. The molecule has 2 unspecified atom stereocenters. The van der Waals surface area contributed by atoms with Crippen LogP contribution < -0.4 is 10.6 Å². The fourth-order valence-corrected chi connectivity index (χ4v) is 1.39. The lowest BCUT2D eigenvalue weighted by Crippen LogP contribution is -2.46. The molecule has 0 aromatic rings. The van der Waals surface area contributed by atoms with Crippen LogP contribution in [0.2, 0.25) is 0 Å². The monoisotopic (exact) mass is 186 g/mol. The van der Waals surface area contributed by atoms with Gasteiger partial charge in [-0.1, -0.05) is 0 Å². The van der Waals surface area contributed by atoms with Crippen molar-refractivity contribution < 1.29 is 9.53 Å². The van der Waals surface area contributed by atoms with Crippen molar-refractivity contribution in [2.24, 2.45) is 0 Å². The summed E-state index contributed by atoms with van der Waals surface area (Å²) in [6, 6.07) is 0.244. The molecule has 0 aliphatic carbocycles. The third-order valence-electron chi connectivity index (χ3n) is 2.11. The molecule has 0 radical (unpaired) electrons. The molecule has 2 amide bonds. The molecule has 2 atom stereocenters. The molecule has 0 spiro atoms. The Bertz CT molecular complexity index is 182. The first-order valence-electron chi connectivity index (χ1n) is 4.78. The number of amides is 2. The second-order valence-corrected chi connectivity index (χ2v) is 3.74. The average molecular weight is 186 g/mol. The van der Waals surface area contributed by atoms with E-state index in [4.69, 9.17) is 4.74 Å². The predicted molar refractivity (Wildman–Crippen MR) is 50.6 cm³/mol. The molecule has 4 heteroatoms. The highest BCUT2D eigenvalue weighted by molar-refractivity contribution is 5.74. The van der Waals surface area contributed by atoms with Crippen molar-refractivity contribution in [3.63, 3.8) is 0 Å². The SMILES string of the molecule is CC(C)NC(=O)NC1CCOC1C. The summed E-state index contributed by atoms with van der Waals surface area (Å²) in [7, 11) is 0. The molecule has 1 rings (SSSR count). The Morgan fingerprint density at radius 3 is 2.69 bits per heavy atom. The van der Waals surface area contributed by atoms with Crippen molar-refractivity contribution in [1.82, 2.24) is 10.6 Å². The Kier molecular flexibility index (Phi) is 3.54. The van der Waals surface area contributed by atoms with Gasteiger partial charge in [0, 0.05) is 12.6 Å². The molecule has 0 aromatic heterocycles. The molecule has 0 bridgehead atoms. The van der Waals surface area contributed by atoms with Crippen LogP contribution in [0.25, 0.3) is 0 Å². The lowest BCUT2D eigenvalue weighted by atomic mass is 10.2. The van der Waals surface area contributed by atoms with Crippen LogP contribution in [-0.4, -0.2) is 30.8 Å². The normalized spacial score (nSPS) is 27.7. The van der Waals surface area contributed by atoms with Crippen LogP contribution in [0.15, 0.2) is 0 Å². The van der Waals surface area contributed by atoms with Gasteiger partial charge in [-0.15, -0.1) is 0 Å². The molecule has 1 fully saturated rings. The summed E-state index contributed by atoms with van der Waals surface area (Å²) < 4.78 is 5.33. The minimum absolute atomic E-state index is 0.0997. The Balaban J connectivity index is 2.27. The Hall–Kier alpha value is -0.770. The number of nitrogens with one attached hydrogen (secondary N) is 2. The summed E-state index contributed by atoms with van der Waals surface area (Å²) in [6.45, 7) is 6.60. The van der Waals surface area contributed by atoms with Crippen molar-refractivity contribution in [2.75, 3.05) is 6.61 Å². The highest BCUT2D eigenvalue weighted by Crippen LogP contribution is 2.11. The van der Waals surface area contributed by atoms with E-state index in [0.717, 1.165) is 13.0 Å². The Morgan fingerprint density at radius 1 is 1.54 bits per heavy atom. The molecule has 2 N–H and O–H groups in total. The van der Waals surface area contributed by atoms with E-state index in [2.05, 4.69) is 10.6 Å². The largest absolute Gasteiger partial charge is 0.376 e. The van der Waals surface area contributed by atoms with Gasteiger partial charge in [-0.25, -0.2) is 4.79 Å². The van der Waals surface area contributed by atoms with Gasteiger partial charge in [0.1, 0.15) is 0 Å². The maximum Gasteiger partial charge on any atom is 0.315 e. The molecule has 1 saturated heterocycles. The van der Waals surface area contributed by atoms with Crippen LogP contribution in [0.4, 0.5) is 4.79 Å². The summed E-state index contributed by atoms with van der Waals surface area (Å²) >= 11 is 0. The van der Waals surface area contributed by atoms with Crippen LogP contribution in [0.3, 0.4) is 0 Å². The van der Waals surface area contributed by atoms with Gasteiger partial charge in [-0.3, -0.25) is 0 Å². The van der Waals surface area contributed by atoms with E-state index in [0.29, 0.717) is 0 Å². The van der Waals surface area contributed by atoms with Crippen molar-refractivity contribution in [3.8, 4) is 0 Å². The van der Waals surface area contributed by atoms with Crippen molar-refractivity contribution in [2.45, 2.75) is 45.4 Å². The molecular formula is C9H18N2O2. The molecule has 76 valence electrons. The van der Waals surface area contributed by atoms with Gasteiger partial charge in [0.2, 0.25) is 0 Å². The van der Waals surface area contributed by atoms with Gasteiger partial charge in [0.05, 0.1) is 12.1 Å². The molecule has 1 heterocycles. The summed E-state index contributed by atoms with van der Waals surface area (Å²) in [5.41, 5.74) is 0. The first-order valence-corrected chi connectivity index (χ1v) is 4.78. The zero-order valence-corrected chi connectivity index (χ0v) is 8.46. The zero-order chi connectivity index (χ0) is 9.84. The molecule has 0 saturated carbocycles. The van der Waals surface area contributed by atoms with Gasteiger partial charge < -0.3 is 15.4 Å². The maximum atomic E-state index is 11.3. The van der Waals surface area contributed by atoms with E-state index in [-0.39, 0.29) is 24.2 Å². The van der Waals surface area contributed by atoms with Gasteiger partial charge in [-0.2, -0.15) is 0 Å². The van der Waals surface area contributed by atoms with Crippen LogP contribution in [0.5, 0.6) is 0 Å².